The Morgan fingerprint density at radius 2 is 1.86 bits per heavy atom. The lowest BCUT2D eigenvalue weighted by Crippen LogP contribution is -2.31. The molecule has 3 heterocycles. The van der Waals surface area contributed by atoms with E-state index in [1.165, 1.54) is 6.92 Å². The molecule has 4 rings (SSSR count). The number of benzene rings is 1. The molecule has 7 heteroatoms. The number of hydrogen-bond donors (Lipinski definition) is 2. The molecule has 1 atom stereocenters. The molecule has 0 spiro atoms. The molecule has 3 aromatic rings. The average molecular weight is 374 g/mol. The van der Waals surface area contributed by atoms with E-state index in [4.69, 9.17) is 4.74 Å². The molecule has 0 saturated carbocycles. The number of amides is 2. The number of anilines is 2. The van der Waals surface area contributed by atoms with E-state index in [1.54, 1.807) is 30.7 Å². The highest BCUT2D eigenvalue weighted by atomic mass is 16.5. The fraction of sp³-hybridized carbons (Fsp3) is 0.143. The molecule has 0 aliphatic carbocycles. The van der Waals surface area contributed by atoms with Gasteiger partial charge in [0, 0.05) is 37.0 Å². The Kier molecular flexibility index (Phi) is 4.72. The molecule has 140 valence electrons. The van der Waals surface area contributed by atoms with Gasteiger partial charge in [0.05, 0.1) is 11.9 Å². The smallest absolute Gasteiger partial charge is 0.265 e. The average Bonchev–Trinajstić information content (AvgIpc) is 3.13. The molecule has 1 aromatic carbocycles. The number of fused-ring (bicyclic) bond motifs is 1. The van der Waals surface area contributed by atoms with Crippen molar-refractivity contribution in [3.8, 4) is 17.0 Å². The second kappa shape index (κ2) is 7.48. The molecule has 0 bridgehead atoms. The second-order valence-corrected chi connectivity index (χ2v) is 6.44. The summed E-state index contributed by atoms with van der Waals surface area (Å²) in [6.07, 6.45) is 4.67. The van der Waals surface area contributed by atoms with Gasteiger partial charge in [0.1, 0.15) is 0 Å². The van der Waals surface area contributed by atoms with E-state index in [1.807, 2.05) is 30.3 Å². The summed E-state index contributed by atoms with van der Waals surface area (Å²) >= 11 is 0. The number of rotatable bonds is 4. The van der Waals surface area contributed by atoms with E-state index >= 15 is 0 Å². The quantitative estimate of drug-likeness (QED) is 0.732. The Balaban J connectivity index is 1.53. The van der Waals surface area contributed by atoms with Gasteiger partial charge in [0.25, 0.3) is 5.91 Å². The van der Waals surface area contributed by atoms with Gasteiger partial charge >= 0.3 is 0 Å². The molecule has 1 aliphatic heterocycles. The Labute approximate surface area is 161 Å². The van der Waals surface area contributed by atoms with Crippen molar-refractivity contribution in [3.05, 3.63) is 66.6 Å². The van der Waals surface area contributed by atoms with E-state index in [0.29, 0.717) is 18.0 Å². The molecule has 2 amide bonds. The molecule has 7 nitrogen and oxygen atoms in total. The first-order valence-corrected chi connectivity index (χ1v) is 8.83. The van der Waals surface area contributed by atoms with Crippen LogP contribution in [0.2, 0.25) is 0 Å². The summed E-state index contributed by atoms with van der Waals surface area (Å²) in [5.74, 6) is 0.112. The van der Waals surface area contributed by atoms with Crippen LogP contribution in [0, 0.1) is 0 Å². The maximum atomic E-state index is 12.5. The minimum atomic E-state index is -0.650. The van der Waals surface area contributed by atoms with Crippen LogP contribution < -0.4 is 15.4 Å². The van der Waals surface area contributed by atoms with Crippen molar-refractivity contribution in [3.63, 3.8) is 0 Å². The highest BCUT2D eigenvalue weighted by Gasteiger charge is 2.32. The van der Waals surface area contributed by atoms with Crippen LogP contribution >= 0.6 is 0 Å². The summed E-state index contributed by atoms with van der Waals surface area (Å²) in [5, 5.41) is 5.56. The molecular formula is C21H18N4O3. The van der Waals surface area contributed by atoms with Gasteiger partial charge in [-0.05, 0) is 41.5 Å². The third-order valence-electron chi connectivity index (χ3n) is 4.40. The number of carbonyl (C=O) groups is 2. The first-order chi connectivity index (χ1) is 13.6. The van der Waals surface area contributed by atoms with Crippen LogP contribution in [0.1, 0.15) is 12.5 Å². The number of nitrogens with one attached hydrogen (secondary N) is 2. The fourth-order valence-electron chi connectivity index (χ4n) is 3.15. The third kappa shape index (κ3) is 3.68. The van der Waals surface area contributed by atoms with Crippen molar-refractivity contribution in [2.24, 2.45) is 0 Å². The predicted octanol–water partition coefficient (Wildman–Crippen LogP) is 3.04. The molecule has 0 radical (unpaired) electrons. The Morgan fingerprint density at radius 3 is 2.57 bits per heavy atom. The van der Waals surface area contributed by atoms with E-state index < -0.39 is 6.10 Å². The van der Waals surface area contributed by atoms with Crippen LogP contribution in [0.25, 0.3) is 11.1 Å². The Hall–Kier alpha value is -3.74. The minimum Gasteiger partial charge on any atom is -0.464 e. The van der Waals surface area contributed by atoms with Crippen molar-refractivity contribution in [2.45, 2.75) is 19.4 Å². The van der Waals surface area contributed by atoms with Crippen LogP contribution in [0.15, 0.2) is 61.1 Å². The first-order valence-electron chi connectivity index (χ1n) is 8.83. The largest absolute Gasteiger partial charge is 0.464 e. The molecular weight excluding hydrogens is 356 g/mol. The molecule has 2 aromatic heterocycles. The van der Waals surface area contributed by atoms with Crippen LogP contribution in [-0.2, 0) is 16.0 Å². The number of ether oxygens (including phenoxy) is 1. The van der Waals surface area contributed by atoms with Gasteiger partial charge in [-0.2, -0.15) is 0 Å². The predicted molar refractivity (Wildman–Crippen MR) is 105 cm³/mol. The van der Waals surface area contributed by atoms with Gasteiger partial charge in [0.2, 0.25) is 11.8 Å². The lowest BCUT2D eigenvalue weighted by atomic mass is 9.98. The first kappa shape index (κ1) is 17.7. The van der Waals surface area contributed by atoms with E-state index in [9.17, 15) is 9.59 Å². The van der Waals surface area contributed by atoms with Crippen LogP contribution in [0.5, 0.6) is 5.88 Å². The summed E-state index contributed by atoms with van der Waals surface area (Å²) in [4.78, 5) is 32.0. The zero-order chi connectivity index (χ0) is 19.5. The highest BCUT2D eigenvalue weighted by Crippen LogP contribution is 2.35. The molecule has 1 aliphatic rings. The van der Waals surface area contributed by atoms with Gasteiger partial charge < -0.3 is 15.4 Å². The lowest BCUT2D eigenvalue weighted by Gasteiger charge is -2.10. The number of pyridine rings is 2. The Morgan fingerprint density at radius 1 is 1.04 bits per heavy atom. The van der Waals surface area contributed by atoms with Crippen molar-refractivity contribution in [2.75, 3.05) is 10.6 Å². The van der Waals surface area contributed by atoms with E-state index in [2.05, 4.69) is 20.6 Å². The van der Waals surface area contributed by atoms with Gasteiger partial charge in [-0.15, -0.1) is 0 Å². The van der Waals surface area contributed by atoms with E-state index in [0.717, 1.165) is 22.4 Å². The molecule has 28 heavy (non-hydrogen) atoms. The fourth-order valence-corrected chi connectivity index (χ4v) is 3.15. The summed E-state index contributed by atoms with van der Waals surface area (Å²) in [5.41, 5.74) is 4.16. The number of aromatic nitrogens is 2. The third-order valence-corrected chi connectivity index (χ3v) is 4.40. The topological polar surface area (TPSA) is 93.2 Å². The normalized spacial score (nSPS) is 14.7. The number of carbonyl (C=O) groups excluding carboxylic acids is 2. The van der Waals surface area contributed by atoms with Gasteiger partial charge in [0.15, 0.2) is 6.10 Å². The molecule has 1 unspecified atom stereocenters. The minimum absolute atomic E-state index is 0.117. The zero-order valence-electron chi connectivity index (χ0n) is 15.2. The number of nitrogens with zero attached hydrogens (tertiary/aromatic N) is 2. The molecule has 0 fully saturated rings. The van der Waals surface area contributed by atoms with Gasteiger partial charge in [-0.25, -0.2) is 4.98 Å². The van der Waals surface area contributed by atoms with Crippen LogP contribution in [0.4, 0.5) is 11.4 Å². The maximum Gasteiger partial charge on any atom is 0.265 e. The lowest BCUT2D eigenvalue weighted by molar-refractivity contribution is -0.122. The van der Waals surface area contributed by atoms with Crippen molar-refractivity contribution in [1.82, 2.24) is 9.97 Å². The van der Waals surface area contributed by atoms with Crippen LogP contribution in [-0.4, -0.2) is 27.9 Å². The summed E-state index contributed by atoms with van der Waals surface area (Å²) < 4.78 is 5.78. The number of hydrogen-bond acceptors (Lipinski definition) is 5. The van der Waals surface area contributed by atoms with Crippen molar-refractivity contribution >= 4 is 23.2 Å². The van der Waals surface area contributed by atoms with E-state index in [-0.39, 0.29) is 11.8 Å². The van der Waals surface area contributed by atoms with Crippen molar-refractivity contribution in [1.29, 1.82) is 0 Å². The summed E-state index contributed by atoms with van der Waals surface area (Å²) in [6.45, 7) is 1.47. The summed E-state index contributed by atoms with van der Waals surface area (Å²) in [6, 6.07) is 12.9. The monoisotopic (exact) mass is 374 g/mol. The molecule has 0 saturated heterocycles. The van der Waals surface area contributed by atoms with Gasteiger partial charge in [-0.1, -0.05) is 12.1 Å². The maximum absolute atomic E-state index is 12.5. The highest BCUT2D eigenvalue weighted by molar-refractivity contribution is 5.95. The second-order valence-electron chi connectivity index (χ2n) is 6.44. The zero-order valence-corrected chi connectivity index (χ0v) is 15.2. The van der Waals surface area contributed by atoms with Gasteiger partial charge in [-0.3, -0.25) is 14.6 Å². The van der Waals surface area contributed by atoms with Crippen LogP contribution in [0.3, 0.4) is 0 Å². The molecule has 2 N–H and O–H groups in total. The SMILES string of the molecule is CC(=O)Nc1ccc(-c2ccnc3c2CC(C(=O)Nc2cccnc2)O3)cc1. The van der Waals surface area contributed by atoms with Crippen molar-refractivity contribution < 1.29 is 14.3 Å². The standard InChI is InChI=1S/C21H18N4O3/c1-13(26)24-15-6-4-14(5-7-15)17-8-10-23-21-18(17)11-19(28-21)20(27)25-16-3-2-9-22-12-16/h2-10,12,19H,11H2,1H3,(H,24,26)(H,25,27). The Bertz CT molecular complexity index is 1020. The summed E-state index contributed by atoms with van der Waals surface area (Å²) in [7, 11) is 0.